The summed E-state index contributed by atoms with van der Waals surface area (Å²) in [6, 6.07) is 9.50. The van der Waals surface area contributed by atoms with Crippen LogP contribution in [0.25, 0.3) is 0 Å². The number of benzene rings is 2. The van der Waals surface area contributed by atoms with E-state index < -0.39 is 16.6 Å². The van der Waals surface area contributed by atoms with Crippen molar-refractivity contribution in [2.24, 2.45) is 0 Å². The normalized spacial score (nSPS) is 10.0. The first-order valence-electron chi connectivity index (χ1n) is 6.58. The third-order valence-electron chi connectivity index (χ3n) is 3.38. The molecular formula is C16H12FN3O3. The number of nitro benzene ring substituents is 1. The second-order valence-corrected chi connectivity index (χ2v) is 4.90. The smallest absolute Gasteiger partial charge is 0.270 e. The molecule has 0 heterocycles. The van der Waals surface area contributed by atoms with Crippen molar-refractivity contribution in [3.05, 3.63) is 69.0 Å². The fourth-order valence-corrected chi connectivity index (χ4v) is 2.18. The zero-order valence-electron chi connectivity index (χ0n) is 12.4. The lowest BCUT2D eigenvalue weighted by atomic mass is 10.1. The van der Waals surface area contributed by atoms with Gasteiger partial charge >= 0.3 is 0 Å². The average molecular weight is 313 g/mol. The SMILES string of the molecule is Cc1cc(C#N)ccc1N(C)C(=O)c1cc([N+](=O)[O-])ccc1F. The summed E-state index contributed by atoms with van der Waals surface area (Å²) in [4.78, 5) is 23.7. The molecule has 0 saturated carbocycles. The van der Waals surface area contributed by atoms with Gasteiger partial charge in [-0.25, -0.2) is 4.39 Å². The molecule has 116 valence electrons. The van der Waals surface area contributed by atoms with Gasteiger partial charge in [0, 0.05) is 24.9 Å². The maximum atomic E-state index is 13.9. The molecule has 0 saturated heterocycles. The Morgan fingerprint density at radius 2 is 2.00 bits per heavy atom. The lowest BCUT2D eigenvalue weighted by Crippen LogP contribution is -2.27. The molecule has 0 aliphatic rings. The number of nitriles is 1. The van der Waals surface area contributed by atoms with Gasteiger partial charge in [0.1, 0.15) is 5.82 Å². The highest BCUT2D eigenvalue weighted by atomic mass is 19.1. The average Bonchev–Trinajstić information content (AvgIpc) is 2.53. The second-order valence-electron chi connectivity index (χ2n) is 4.90. The van der Waals surface area contributed by atoms with E-state index in [1.807, 2.05) is 6.07 Å². The molecule has 0 aromatic heterocycles. The predicted octanol–water partition coefficient (Wildman–Crippen LogP) is 3.19. The largest absolute Gasteiger partial charge is 0.311 e. The highest BCUT2D eigenvalue weighted by molar-refractivity contribution is 6.06. The van der Waals surface area contributed by atoms with Crippen LogP contribution < -0.4 is 4.90 Å². The predicted molar refractivity (Wildman–Crippen MR) is 81.7 cm³/mol. The Morgan fingerprint density at radius 1 is 1.30 bits per heavy atom. The van der Waals surface area contributed by atoms with Crippen molar-refractivity contribution in [1.82, 2.24) is 0 Å². The molecule has 0 fully saturated rings. The highest BCUT2D eigenvalue weighted by Gasteiger charge is 2.21. The number of halogens is 1. The van der Waals surface area contributed by atoms with E-state index in [0.717, 1.165) is 18.2 Å². The number of amides is 1. The summed E-state index contributed by atoms with van der Waals surface area (Å²) in [6.07, 6.45) is 0. The van der Waals surface area contributed by atoms with Crippen molar-refractivity contribution in [3.63, 3.8) is 0 Å². The molecule has 0 aliphatic carbocycles. The Morgan fingerprint density at radius 3 is 2.57 bits per heavy atom. The lowest BCUT2D eigenvalue weighted by molar-refractivity contribution is -0.384. The Labute approximate surface area is 131 Å². The minimum absolute atomic E-state index is 0.361. The van der Waals surface area contributed by atoms with Gasteiger partial charge in [0.05, 0.1) is 22.1 Å². The van der Waals surface area contributed by atoms with Gasteiger partial charge in [-0.2, -0.15) is 5.26 Å². The van der Waals surface area contributed by atoms with Crippen LogP contribution in [0, 0.1) is 34.2 Å². The zero-order chi connectivity index (χ0) is 17.1. The van der Waals surface area contributed by atoms with Crippen LogP contribution in [0.15, 0.2) is 36.4 Å². The summed E-state index contributed by atoms with van der Waals surface area (Å²) in [5.74, 6) is -1.54. The monoisotopic (exact) mass is 313 g/mol. The van der Waals surface area contributed by atoms with Gasteiger partial charge in [-0.05, 0) is 36.8 Å². The number of hydrogen-bond acceptors (Lipinski definition) is 4. The summed E-state index contributed by atoms with van der Waals surface area (Å²) in [7, 11) is 1.44. The number of nitrogens with zero attached hydrogens (tertiary/aromatic N) is 3. The van der Waals surface area contributed by atoms with E-state index in [1.54, 1.807) is 19.1 Å². The van der Waals surface area contributed by atoms with Crippen molar-refractivity contribution in [1.29, 1.82) is 5.26 Å². The number of carbonyl (C=O) groups is 1. The van der Waals surface area contributed by atoms with Crippen LogP contribution in [0.2, 0.25) is 0 Å². The quantitative estimate of drug-likeness (QED) is 0.643. The molecule has 23 heavy (non-hydrogen) atoms. The first-order chi connectivity index (χ1) is 10.8. The van der Waals surface area contributed by atoms with E-state index in [4.69, 9.17) is 5.26 Å². The van der Waals surface area contributed by atoms with Gasteiger partial charge in [-0.15, -0.1) is 0 Å². The lowest BCUT2D eigenvalue weighted by Gasteiger charge is -2.20. The van der Waals surface area contributed by atoms with Gasteiger partial charge in [0.15, 0.2) is 0 Å². The van der Waals surface area contributed by atoms with Crippen molar-refractivity contribution in [2.45, 2.75) is 6.92 Å². The molecule has 0 unspecified atom stereocenters. The van der Waals surface area contributed by atoms with Gasteiger partial charge in [-0.3, -0.25) is 14.9 Å². The Kier molecular flexibility index (Phi) is 4.37. The molecule has 0 aliphatic heterocycles. The van der Waals surface area contributed by atoms with E-state index in [0.29, 0.717) is 16.8 Å². The van der Waals surface area contributed by atoms with Crippen LogP contribution in [0.5, 0.6) is 0 Å². The zero-order valence-corrected chi connectivity index (χ0v) is 12.4. The summed E-state index contributed by atoms with van der Waals surface area (Å²) >= 11 is 0. The molecule has 0 radical (unpaired) electrons. The molecule has 0 spiro atoms. The topological polar surface area (TPSA) is 87.2 Å². The minimum atomic E-state index is -0.834. The summed E-state index contributed by atoms with van der Waals surface area (Å²) in [5.41, 5.74) is 0.837. The molecule has 7 heteroatoms. The highest BCUT2D eigenvalue weighted by Crippen LogP contribution is 2.24. The van der Waals surface area contributed by atoms with E-state index in [-0.39, 0.29) is 11.3 Å². The number of rotatable bonds is 3. The minimum Gasteiger partial charge on any atom is -0.311 e. The van der Waals surface area contributed by atoms with Gasteiger partial charge in [0.2, 0.25) is 0 Å². The summed E-state index contributed by atoms with van der Waals surface area (Å²) < 4.78 is 13.9. The summed E-state index contributed by atoms with van der Waals surface area (Å²) in [6.45, 7) is 1.71. The first-order valence-corrected chi connectivity index (χ1v) is 6.58. The maximum Gasteiger partial charge on any atom is 0.270 e. The summed E-state index contributed by atoms with van der Waals surface area (Å²) in [5, 5.41) is 19.6. The molecule has 1 amide bonds. The Hall–Kier alpha value is -3.27. The number of carbonyl (C=O) groups excluding carboxylic acids is 1. The van der Waals surface area contributed by atoms with E-state index in [2.05, 4.69) is 0 Å². The van der Waals surface area contributed by atoms with Crippen LogP contribution in [0.4, 0.5) is 15.8 Å². The number of anilines is 1. The standard InChI is InChI=1S/C16H12FN3O3/c1-10-7-11(9-18)3-6-15(10)19(2)16(21)13-8-12(20(22)23)4-5-14(13)17/h3-8H,1-2H3. The number of hydrogen-bond donors (Lipinski definition) is 0. The molecule has 2 aromatic carbocycles. The molecule has 2 rings (SSSR count). The van der Waals surface area contributed by atoms with E-state index in [1.165, 1.54) is 18.0 Å². The molecule has 2 aromatic rings. The number of aryl methyl sites for hydroxylation is 1. The van der Waals surface area contributed by atoms with Crippen LogP contribution in [-0.4, -0.2) is 17.9 Å². The fraction of sp³-hybridized carbons (Fsp3) is 0.125. The fourth-order valence-electron chi connectivity index (χ4n) is 2.18. The van der Waals surface area contributed by atoms with Crippen molar-refractivity contribution in [3.8, 4) is 6.07 Å². The second kappa shape index (κ2) is 6.23. The maximum absolute atomic E-state index is 13.9. The molecule has 0 atom stereocenters. The number of non-ortho nitro benzene ring substituents is 1. The Bertz CT molecular complexity index is 843. The Balaban J connectivity index is 2.43. The first kappa shape index (κ1) is 16.1. The van der Waals surface area contributed by atoms with Crippen molar-refractivity contribution < 1.29 is 14.1 Å². The molecule has 6 nitrogen and oxygen atoms in total. The van der Waals surface area contributed by atoms with Crippen molar-refractivity contribution in [2.75, 3.05) is 11.9 Å². The van der Waals surface area contributed by atoms with Crippen molar-refractivity contribution >= 4 is 17.3 Å². The number of nitro groups is 1. The van der Waals surface area contributed by atoms with E-state index >= 15 is 0 Å². The van der Waals surface area contributed by atoms with Crippen LogP contribution in [-0.2, 0) is 0 Å². The van der Waals surface area contributed by atoms with Gasteiger partial charge in [-0.1, -0.05) is 0 Å². The third kappa shape index (κ3) is 3.16. The van der Waals surface area contributed by atoms with E-state index in [9.17, 15) is 19.3 Å². The van der Waals surface area contributed by atoms with Crippen LogP contribution in [0.1, 0.15) is 21.5 Å². The molecule has 0 N–H and O–H groups in total. The van der Waals surface area contributed by atoms with Crippen LogP contribution in [0.3, 0.4) is 0 Å². The van der Waals surface area contributed by atoms with Crippen LogP contribution >= 0.6 is 0 Å². The third-order valence-corrected chi connectivity index (χ3v) is 3.38. The molecular weight excluding hydrogens is 301 g/mol. The van der Waals surface area contributed by atoms with Gasteiger partial charge in [0.25, 0.3) is 11.6 Å². The van der Waals surface area contributed by atoms with Gasteiger partial charge < -0.3 is 4.90 Å². The molecule has 0 bridgehead atoms.